The lowest BCUT2D eigenvalue weighted by atomic mass is 9.96. The molecule has 0 radical (unpaired) electrons. The average Bonchev–Trinajstić information content (AvgIpc) is 2.83. The van der Waals surface area contributed by atoms with Gasteiger partial charge in [-0.25, -0.2) is 4.39 Å². The first-order valence-electron chi connectivity index (χ1n) is 10.6. The third kappa shape index (κ3) is 4.96. The molecule has 0 bridgehead atoms. The lowest BCUT2D eigenvalue weighted by Crippen LogP contribution is -2.41. The Morgan fingerprint density at radius 2 is 1.88 bits per heavy atom. The number of hydrogen-bond donors (Lipinski definition) is 1. The third-order valence-electron chi connectivity index (χ3n) is 5.65. The highest BCUT2D eigenvalue weighted by Crippen LogP contribution is 2.22. The van der Waals surface area contributed by atoms with Gasteiger partial charge in [0, 0.05) is 31.6 Å². The Balaban J connectivity index is 1.35. The summed E-state index contributed by atoms with van der Waals surface area (Å²) in [4.78, 5) is 26.9. The van der Waals surface area contributed by atoms with Crippen LogP contribution in [0.15, 0.2) is 65.5 Å². The number of amides is 1. The highest BCUT2D eigenvalue weighted by molar-refractivity contribution is 5.79. The van der Waals surface area contributed by atoms with Crippen LogP contribution in [0.3, 0.4) is 0 Å². The van der Waals surface area contributed by atoms with E-state index in [1.807, 2.05) is 29.2 Å². The predicted octanol–water partition coefficient (Wildman–Crippen LogP) is 2.91. The van der Waals surface area contributed by atoms with E-state index in [-0.39, 0.29) is 17.4 Å². The molecule has 0 saturated carbocycles. The van der Waals surface area contributed by atoms with Gasteiger partial charge in [-0.05, 0) is 54.8 Å². The second-order valence-electron chi connectivity index (χ2n) is 7.75. The minimum absolute atomic E-state index is 0.0400. The topological polar surface area (TPSA) is 76.5 Å². The molecule has 8 heteroatoms. The van der Waals surface area contributed by atoms with Crippen LogP contribution < -0.4 is 20.5 Å². The van der Waals surface area contributed by atoms with E-state index in [0.29, 0.717) is 44.0 Å². The number of carbonyl (C=O) groups is 1. The van der Waals surface area contributed by atoms with E-state index in [0.717, 1.165) is 11.3 Å². The van der Waals surface area contributed by atoms with Crippen molar-refractivity contribution in [1.29, 1.82) is 0 Å². The Morgan fingerprint density at radius 1 is 1.12 bits per heavy atom. The average molecular weight is 436 g/mol. The fourth-order valence-corrected chi connectivity index (χ4v) is 3.81. The molecular formula is C24H25FN4O3. The van der Waals surface area contributed by atoms with Gasteiger partial charge in [-0.2, -0.15) is 4.68 Å². The third-order valence-corrected chi connectivity index (χ3v) is 5.65. The lowest BCUT2D eigenvalue weighted by Gasteiger charge is -2.32. The maximum absolute atomic E-state index is 13.6. The normalized spacial score (nSPS) is 14.2. The Bertz CT molecular complexity index is 1140. The number of nitrogens with zero attached hydrogens (tertiary/aromatic N) is 3. The van der Waals surface area contributed by atoms with Gasteiger partial charge in [0.25, 0.3) is 5.56 Å². The Kier molecular flexibility index (Phi) is 6.49. The maximum atomic E-state index is 13.6. The van der Waals surface area contributed by atoms with Gasteiger partial charge < -0.3 is 15.0 Å². The molecule has 2 heterocycles. The second-order valence-corrected chi connectivity index (χ2v) is 7.75. The zero-order valence-corrected chi connectivity index (χ0v) is 17.8. The molecule has 0 atom stereocenters. The Hall–Kier alpha value is -3.68. The summed E-state index contributed by atoms with van der Waals surface area (Å²) in [5.74, 6) is 0.954. The van der Waals surface area contributed by atoms with Crippen LogP contribution in [0.25, 0.3) is 5.69 Å². The van der Waals surface area contributed by atoms with Gasteiger partial charge in [-0.3, -0.25) is 9.59 Å². The van der Waals surface area contributed by atoms with Crippen molar-refractivity contribution in [2.24, 2.45) is 5.92 Å². The summed E-state index contributed by atoms with van der Waals surface area (Å²) in [7, 11) is 1.62. The number of benzene rings is 2. The molecule has 1 saturated heterocycles. The number of carbonyl (C=O) groups excluding carboxylic acids is 1. The van der Waals surface area contributed by atoms with Crippen LogP contribution in [-0.4, -0.2) is 35.9 Å². The molecule has 0 aliphatic carbocycles. The fourth-order valence-electron chi connectivity index (χ4n) is 3.81. The van der Waals surface area contributed by atoms with Gasteiger partial charge in [0.05, 0.1) is 12.8 Å². The SMILES string of the molecule is COc1ccc(CNC(=O)C2CCN(c3ccc(=O)n(-c4cccc(F)c4)n3)CC2)cc1. The van der Waals surface area contributed by atoms with Crippen molar-refractivity contribution in [2.75, 3.05) is 25.1 Å². The van der Waals surface area contributed by atoms with Gasteiger partial charge in [-0.15, -0.1) is 5.10 Å². The summed E-state index contributed by atoms with van der Waals surface area (Å²) in [6.45, 7) is 1.77. The van der Waals surface area contributed by atoms with Crippen LogP contribution in [0.5, 0.6) is 5.75 Å². The smallest absolute Gasteiger partial charge is 0.271 e. The van der Waals surface area contributed by atoms with Crippen LogP contribution in [-0.2, 0) is 11.3 Å². The van der Waals surface area contributed by atoms with Gasteiger partial charge >= 0.3 is 0 Å². The van der Waals surface area contributed by atoms with E-state index >= 15 is 0 Å². The molecular weight excluding hydrogens is 411 g/mol. The summed E-state index contributed by atoms with van der Waals surface area (Å²) in [6, 6.07) is 16.5. The first-order chi connectivity index (χ1) is 15.5. The number of aromatic nitrogens is 2. The number of anilines is 1. The molecule has 7 nitrogen and oxygen atoms in total. The van der Waals surface area contributed by atoms with Gasteiger partial charge in [0.2, 0.25) is 5.91 Å². The highest BCUT2D eigenvalue weighted by Gasteiger charge is 2.26. The zero-order chi connectivity index (χ0) is 22.5. The van der Waals surface area contributed by atoms with E-state index in [4.69, 9.17) is 4.74 Å². The van der Waals surface area contributed by atoms with Crippen molar-refractivity contribution in [3.8, 4) is 11.4 Å². The van der Waals surface area contributed by atoms with Gasteiger partial charge in [0.1, 0.15) is 17.4 Å². The summed E-state index contributed by atoms with van der Waals surface area (Å²) in [5.41, 5.74) is 1.07. The molecule has 166 valence electrons. The molecule has 1 amide bonds. The Labute approximate surface area is 185 Å². The van der Waals surface area contributed by atoms with Crippen LogP contribution in [0.2, 0.25) is 0 Å². The minimum Gasteiger partial charge on any atom is -0.497 e. The van der Waals surface area contributed by atoms with Crippen LogP contribution in [0.1, 0.15) is 18.4 Å². The second kappa shape index (κ2) is 9.64. The number of piperidine rings is 1. The van der Waals surface area contributed by atoms with Crippen molar-refractivity contribution in [3.05, 3.63) is 82.4 Å². The van der Waals surface area contributed by atoms with E-state index in [9.17, 15) is 14.0 Å². The monoisotopic (exact) mass is 436 g/mol. The largest absolute Gasteiger partial charge is 0.497 e. The van der Waals surface area contributed by atoms with E-state index in [1.165, 1.54) is 22.9 Å². The number of halogens is 1. The summed E-state index contributed by atoms with van der Waals surface area (Å²) >= 11 is 0. The van der Waals surface area contributed by atoms with Crippen molar-refractivity contribution in [3.63, 3.8) is 0 Å². The first-order valence-corrected chi connectivity index (χ1v) is 10.6. The van der Waals surface area contributed by atoms with Crippen molar-refractivity contribution in [1.82, 2.24) is 15.1 Å². The first kappa shape index (κ1) is 21.5. The summed E-state index contributed by atoms with van der Waals surface area (Å²) in [5, 5.41) is 7.43. The van der Waals surface area contributed by atoms with Crippen molar-refractivity contribution in [2.45, 2.75) is 19.4 Å². The van der Waals surface area contributed by atoms with E-state index < -0.39 is 5.82 Å². The molecule has 3 aromatic rings. The molecule has 32 heavy (non-hydrogen) atoms. The minimum atomic E-state index is -0.428. The molecule has 1 aliphatic heterocycles. The summed E-state index contributed by atoms with van der Waals surface area (Å²) < 4.78 is 19.9. The summed E-state index contributed by atoms with van der Waals surface area (Å²) in [6.07, 6.45) is 1.38. The van der Waals surface area contributed by atoms with Crippen molar-refractivity contribution >= 4 is 11.7 Å². The number of nitrogens with one attached hydrogen (secondary N) is 1. The number of rotatable bonds is 6. The standard InChI is InChI=1S/C24H25FN4O3/c1-32-21-7-5-17(6-8-21)16-26-24(31)18-11-13-28(14-12-18)22-9-10-23(30)29(27-22)20-4-2-3-19(25)15-20/h2-10,15,18H,11-14,16H2,1H3,(H,26,31). The van der Waals surface area contributed by atoms with Crippen LogP contribution >= 0.6 is 0 Å². The molecule has 1 fully saturated rings. The molecule has 4 rings (SSSR count). The lowest BCUT2D eigenvalue weighted by molar-refractivity contribution is -0.125. The van der Waals surface area contributed by atoms with Crippen LogP contribution in [0.4, 0.5) is 10.2 Å². The molecule has 0 spiro atoms. The molecule has 2 aromatic carbocycles. The predicted molar refractivity (Wildman–Crippen MR) is 120 cm³/mol. The maximum Gasteiger partial charge on any atom is 0.271 e. The number of methoxy groups -OCH3 is 1. The zero-order valence-electron chi connectivity index (χ0n) is 17.8. The number of hydrogen-bond acceptors (Lipinski definition) is 5. The molecule has 1 aliphatic rings. The van der Waals surface area contributed by atoms with E-state index in [1.54, 1.807) is 25.3 Å². The van der Waals surface area contributed by atoms with Gasteiger partial charge in [-0.1, -0.05) is 18.2 Å². The van der Waals surface area contributed by atoms with Gasteiger partial charge in [0.15, 0.2) is 0 Å². The Morgan fingerprint density at radius 3 is 2.56 bits per heavy atom. The molecule has 1 N–H and O–H groups in total. The molecule has 1 aromatic heterocycles. The van der Waals surface area contributed by atoms with Crippen molar-refractivity contribution < 1.29 is 13.9 Å². The quantitative estimate of drug-likeness (QED) is 0.643. The van der Waals surface area contributed by atoms with Crippen LogP contribution in [0, 0.1) is 11.7 Å². The fraction of sp³-hybridized carbons (Fsp3) is 0.292. The highest BCUT2D eigenvalue weighted by atomic mass is 19.1. The molecule has 0 unspecified atom stereocenters. The number of ether oxygens (including phenoxy) is 1. The van der Waals surface area contributed by atoms with E-state index in [2.05, 4.69) is 10.4 Å².